The number of nitrogens with one attached hydrogen (secondary N) is 4. The van der Waals surface area contributed by atoms with Crippen LogP contribution in [-0.2, 0) is 22.4 Å². The number of hydrogen-bond donors (Lipinski definition) is 4. The lowest BCUT2D eigenvalue weighted by atomic mass is 10.0. The van der Waals surface area contributed by atoms with Crippen molar-refractivity contribution in [3.63, 3.8) is 0 Å². The predicted octanol–water partition coefficient (Wildman–Crippen LogP) is 3.74. The fourth-order valence-corrected chi connectivity index (χ4v) is 4.11. The summed E-state index contributed by atoms with van der Waals surface area (Å²) in [6, 6.07) is 12.8. The molecule has 3 rings (SSSR count). The van der Waals surface area contributed by atoms with Gasteiger partial charge in [-0.25, -0.2) is 0 Å². The molecule has 0 unspecified atom stereocenters. The van der Waals surface area contributed by atoms with E-state index < -0.39 is 42.5 Å². The molecular formula is C27H33F3N4O3. The van der Waals surface area contributed by atoms with E-state index in [-0.39, 0.29) is 6.42 Å². The first-order valence-corrected chi connectivity index (χ1v) is 12.1. The first-order chi connectivity index (χ1) is 17.6. The Morgan fingerprint density at radius 3 is 2.43 bits per heavy atom. The van der Waals surface area contributed by atoms with Gasteiger partial charge in [-0.2, -0.15) is 13.2 Å². The standard InChI is InChI=1S/C27H33F3N4O3/c1-17(2)24(33-16-27(28,29)30)26(36)34-23(13-18-7-5-4-6-8-18)25(35)31-12-11-19-15-32-22-10-9-20(37-3)14-21(19)22/h4-10,14-15,17,23-24,32-33H,11-13,16H2,1-3H3,(H,31,35)(H,34,36)/t23-,24-/m0/s1. The number of rotatable bonds is 12. The number of aromatic nitrogens is 1. The van der Waals surface area contributed by atoms with E-state index in [1.807, 2.05) is 54.7 Å². The van der Waals surface area contributed by atoms with Crippen molar-refractivity contribution < 1.29 is 27.5 Å². The topological polar surface area (TPSA) is 95.2 Å². The number of alkyl halides is 3. The van der Waals surface area contributed by atoms with Gasteiger partial charge in [-0.3, -0.25) is 14.9 Å². The third kappa shape index (κ3) is 8.24. The zero-order valence-electron chi connectivity index (χ0n) is 21.1. The molecule has 10 heteroatoms. The minimum absolute atomic E-state index is 0.201. The maximum Gasteiger partial charge on any atom is 0.401 e. The fourth-order valence-electron chi connectivity index (χ4n) is 4.11. The summed E-state index contributed by atoms with van der Waals surface area (Å²) in [6.07, 6.45) is -1.85. The summed E-state index contributed by atoms with van der Waals surface area (Å²) in [5.41, 5.74) is 2.76. The van der Waals surface area contributed by atoms with Crippen LogP contribution < -0.4 is 20.7 Å². The van der Waals surface area contributed by atoms with Crippen molar-refractivity contribution in [2.45, 2.75) is 44.9 Å². The van der Waals surface area contributed by atoms with E-state index in [0.717, 1.165) is 27.8 Å². The van der Waals surface area contributed by atoms with Crippen LogP contribution in [0.1, 0.15) is 25.0 Å². The van der Waals surface area contributed by atoms with E-state index in [1.165, 1.54) is 0 Å². The normalized spacial score (nSPS) is 13.4. The first kappa shape index (κ1) is 28.0. The van der Waals surface area contributed by atoms with Crippen LogP contribution in [0.25, 0.3) is 10.9 Å². The monoisotopic (exact) mass is 518 g/mol. The average Bonchev–Trinajstić information content (AvgIpc) is 3.25. The highest BCUT2D eigenvalue weighted by Gasteiger charge is 2.33. The Labute approximate surface area is 214 Å². The molecule has 0 bridgehead atoms. The summed E-state index contributed by atoms with van der Waals surface area (Å²) in [7, 11) is 1.59. The first-order valence-electron chi connectivity index (χ1n) is 12.1. The molecular weight excluding hydrogens is 485 g/mol. The number of aromatic amines is 1. The summed E-state index contributed by atoms with van der Waals surface area (Å²) in [6.45, 7) is 2.31. The molecule has 7 nitrogen and oxygen atoms in total. The van der Waals surface area contributed by atoms with E-state index in [1.54, 1.807) is 21.0 Å². The minimum Gasteiger partial charge on any atom is -0.497 e. The lowest BCUT2D eigenvalue weighted by Gasteiger charge is -2.26. The molecule has 0 radical (unpaired) electrons. The highest BCUT2D eigenvalue weighted by atomic mass is 19.4. The second-order valence-corrected chi connectivity index (χ2v) is 9.24. The van der Waals surface area contributed by atoms with Gasteiger partial charge in [0.2, 0.25) is 11.8 Å². The number of halogens is 3. The number of ether oxygens (including phenoxy) is 1. The van der Waals surface area contributed by atoms with Gasteiger partial charge in [0.1, 0.15) is 11.8 Å². The zero-order valence-corrected chi connectivity index (χ0v) is 21.1. The van der Waals surface area contributed by atoms with E-state index in [2.05, 4.69) is 20.9 Å². The lowest BCUT2D eigenvalue weighted by molar-refractivity contribution is -0.136. The molecule has 1 heterocycles. The van der Waals surface area contributed by atoms with Gasteiger partial charge in [-0.05, 0) is 41.7 Å². The van der Waals surface area contributed by atoms with Crippen LogP contribution in [0.3, 0.4) is 0 Å². The SMILES string of the molecule is COc1ccc2[nH]cc(CCNC(=O)[C@H](Cc3ccccc3)NC(=O)[C@@H](NCC(F)(F)F)C(C)C)c2c1. The zero-order chi connectivity index (χ0) is 27.0. The second-order valence-electron chi connectivity index (χ2n) is 9.24. The Morgan fingerprint density at radius 1 is 1.05 bits per heavy atom. The fraction of sp³-hybridized carbons (Fsp3) is 0.407. The molecule has 37 heavy (non-hydrogen) atoms. The van der Waals surface area contributed by atoms with Crippen LogP contribution in [-0.4, -0.2) is 55.3 Å². The minimum atomic E-state index is -4.46. The van der Waals surface area contributed by atoms with Crippen molar-refractivity contribution in [3.8, 4) is 5.75 Å². The number of hydrogen-bond acceptors (Lipinski definition) is 4. The average molecular weight is 519 g/mol. The van der Waals surface area contributed by atoms with Crippen LogP contribution in [0, 0.1) is 5.92 Å². The van der Waals surface area contributed by atoms with Gasteiger partial charge in [0.25, 0.3) is 0 Å². The number of methoxy groups -OCH3 is 1. The number of benzene rings is 2. The maximum atomic E-state index is 13.1. The van der Waals surface area contributed by atoms with Gasteiger partial charge >= 0.3 is 6.18 Å². The van der Waals surface area contributed by atoms with Crippen molar-refractivity contribution in [3.05, 3.63) is 65.9 Å². The Kier molecular flexibility index (Phi) is 9.57. The summed E-state index contributed by atoms with van der Waals surface area (Å²) >= 11 is 0. The lowest BCUT2D eigenvalue weighted by Crippen LogP contribution is -2.56. The molecule has 0 aliphatic heterocycles. The van der Waals surface area contributed by atoms with Crippen LogP contribution in [0.4, 0.5) is 13.2 Å². The molecule has 0 aliphatic rings. The molecule has 200 valence electrons. The number of carbonyl (C=O) groups is 2. The second kappa shape index (κ2) is 12.6. The molecule has 2 aromatic carbocycles. The Morgan fingerprint density at radius 2 is 1.78 bits per heavy atom. The quantitative estimate of drug-likeness (QED) is 0.294. The van der Waals surface area contributed by atoms with Crippen LogP contribution in [0.2, 0.25) is 0 Å². The smallest absolute Gasteiger partial charge is 0.401 e. The molecule has 0 fully saturated rings. The summed E-state index contributed by atoms with van der Waals surface area (Å²) in [5.74, 6) is -0.754. The molecule has 2 atom stereocenters. The molecule has 4 N–H and O–H groups in total. The number of fused-ring (bicyclic) bond motifs is 1. The van der Waals surface area contributed by atoms with Gasteiger partial charge in [0.15, 0.2) is 0 Å². The number of H-pyrrole nitrogens is 1. The van der Waals surface area contributed by atoms with Gasteiger partial charge in [-0.1, -0.05) is 44.2 Å². The third-order valence-electron chi connectivity index (χ3n) is 6.06. The molecule has 1 aromatic heterocycles. The third-order valence-corrected chi connectivity index (χ3v) is 6.06. The summed E-state index contributed by atoms with van der Waals surface area (Å²) < 4.78 is 43.5. The van der Waals surface area contributed by atoms with Crippen molar-refractivity contribution >= 4 is 22.7 Å². The van der Waals surface area contributed by atoms with Crippen molar-refractivity contribution in [2.75, 3.05) is 20.2 Å². The van der Waals surface area contributed by atoms with Crippen molar-refractivity contribution in [1.82, 2.24) is 20.9 Å². The largest absolute Gasteiger partial charge is 0.497 e. The van der Waals surface area contributed by atoms with Gasteiger partial charge in [0.05, 0.1) is 19.7 Å². The Bertz CT molecular complexity index is 1180. The van der Waals surface area contributed by atoms with E-state index in [9.17, 15) is 22.8 Å². The summed E-state index contributed by atoms with van der Waals surface area (Å²) in [5, 5.41) is 8.79. The Hall–Kier alpha value is -3.53. The van der Waals surface area contributed by atoms with Crippen LogP contribution in [0.15, 0.2) is 54.7 Å². The molecule has 3 aromatic rings. The van der Waals surface area contributed by atoms with Crippen LogP contribution in [0.5, 0.6) is 5.75 Å². The van der Waals surface area contributed by atoms with Crippen molar-refractivity contribution in [2.24, 2.45) is 5.92 Å². The number of carbonyl (C=O) groups excluding carboxylic acids is 2. The molecule has 0 saturated carbocycles. The van der Waals surface area contributed by atoms with E-state index in [0.29, 0.717) is 13.0 Å². The Balaban J connectivity index is 1.68. The van der Waals surface area contributed by atoms with E-state index in [4.69, 9.17) is 4.74 Å². The molecule has 0 spiro atoms. The highest BCUT2D eigenvalue weighted by Crippen LogP contribution is 2.23. The van der Waals surface area contributed by atoms with Gasteiger partial charge in [0, 0.05) is 30.1 Å². The molecule has 0 aliphatic carbocycles. The van der Waals surface area contributed by atoms with Gasteiger partial charge in [-0.15, -0.1) is 0 Å². The predicted molar refractivity (Wildman–Crippen MR) is 136 cm³/mol. The molecule has 2 amide bonds. The van der Waals surface area contributed by atoms with E-state index >= 15 is 0 Å². The van der Waals surface area contributed by atoms with Crippen LogP contribution >= 0.6 is 0 Å². The maximum absolute atomic E-state index is 13.1. The number of amides is 2. The summed E-state index contributed by atoms with van der Waals surface area (Å²) in [4.78, 5) is 29.3. The highest BCUT2D eigenvalue weighted by molar-refractivity contribution is 5.90. The van der Waals surface area contributed by atoms with Gasteiger partial charge < -0.3 is 20.4 Å². The molecule has 0 saturated heterocycles. The van der Waals surface area contributed by atoms with Crippen molar-refractivity contribution in [1.29, 1.82) is 0 Å².